The Balaban J connectivity index is 1.24. The summed E-state index contributed by atoms with van der Waals surface area (Å²) in [5.74, 6) is -0.0332. The molecule has 1 saturated heterocycles. The van der Waals surface area contributed by atoms with Gasteiger partial charge >= 0.3 is 0 Å². The second-order valence-corrected chi connectivity index (χ2v) is 11.8. The van der Waals surface area contributed by atoms with E-state index >= 15 is 0 Å². The minimum absolute atomic E-state index is 0.0113. The number of hydrogen-bond acceptors (Lipinski definition) is 4. The zero-order chi connectivity index (χ0) is 27.9. The van der Waals surface area contributed by atoms with E-state index in [2.05, 4.69) is 32.2 Å². The molecule has 0 radical (unpaired) electrons. The van der Waals surface area contributed by atoms with Gasteiger partial charge in [0.25, 0.3) is 0 Å². The fourth-order valence-electron chi connectivity index (χ4n) is 6.34. The first-order valence-electron chi connectivity index (χ1n) is 14.8. The van der Waals surface area contributed by atoms with E-state index in [0.29, 0.717) is 31.1 Å². The van der Waals surface area contributed by atoms with Gasteiger partial charge in [0.2, 0.25) is 11.8 Å². The summed E-state index contributed by atoms with van der Waals surface area (Å²) in [6, 6.07) is 16.3. The smallest absolute Gasteiger partial charge is 0.234 e. The van der Waals surface area contributed by atoms with E-state index in [1.165, 1.54) is 32.1 Å². The molecule has 2 aliphatic rings. The number of fused-ring (bicyclic) bond motifs is 1. The van der Waals surface area contributed by atoms with Crippen LogP contribution in [0.2, 0.25) is 5.02 Å². The van der Waals surface area contributed by atoms with Crippen LogP contribution in [0, 0.1) is 0 Å². The fraction of sp³-hybridized carbons (Fsp3) is 0.500. The van der Waals surface area contributed by atoms with E-state index < -0.39 is 0 Å². The quantitative estimate of drug-likeness (QED) is 0.370. The van der Waals surface area contributed by atoms with Gasteiger partial charge in [0, 0.05) is 74.4 Å². The van der Waals surface area contributed by atoms with Crippen LogP contribution in [-0.2, 0) is 22.6 Å². The van der Waals surface area contributed by atoms with Crippen LogP contribution in [0.3, 0.4) is 0 Å². The molecule has 2 aromatic carbocycles. The van der Waals surface area contributed by atoms with Crippen LogP contribution in [0.1, 0.15) is 50.2 Å². The maximum absolute atomic E-state index is 13.4. The number of para-hydroxylation sites is 1. The van der Waals surface area contributed by atoms with Gasteiger partial charge in [-0.1, -0.05) is 67.3 Å². The van der Waals surface area contributed by atoms with Crippen molar-refractivity contribution in [3.63, 3.8) is 0 Å². The summed E-state index contributed by atoms with van der Waals surface area (Å²) >= 11 is 6.42. The van der Waals surface area contributed by atoms with Crippen LogP contribution >= 0.6 is 11.6 Å². The molecular weight excluding hydrogens is 522 g/mol. The monoisotopic (exact) mass is 563 g/mol. The van der Waals surface area contributed by atoms with E-state index in [0.717, 1.165) is 54.3 Å². The largest absolute Gasteiger partial charge is 0.361 e. The number of hydrogen-bond donors (Lipinski definition) is 2. The molecule has 214 valence electrons. The number of halogens is 1. The van der Waals surface area contributed by atoms with E-state index in [9.17, 15) is 9.59 Å². The minimum atomic E-state index is -0.235. The zero-order valence-corrected chi connectivity index (χ0v) is 24.3. The van der Waals surface area contributed by atoms with Crippen LogP contribution in [0.4, 0.5) is 0 Å². The maximum atomic E-state index is 13.4. The van der Waals surface area contributed by atoms with Gasteiger partial charge in [-0.05, 0) is 42.5 Å². The fourth-order valence-corrected chi connectivity index (χ4v) is 6.53. The second-order valence-electron chi connectivity index (χ2n) is 11.4. The van der Waals surface area contributed by atoms with Gasteiger partial charge in [-0.15, -0.1) is 0 Å². The molecule has 40 heavy (non-hydrogen) atoms. The Hall–Kier alpha value is -2.87. The first-order valence-corrected chi connectivity index (χ1v) is 15.1. The predicted octanol–water partition coefficient (Wildman–Crippen LogP) is 4.85. The van der Waals surface area contributed by atoms with E-state index in [4.69, 9.17) is 11.6 Å². The van der Waals surface area contributed by atoms with Crippen molar-refractivity contribution in [3.8, 4) is 0 Å². The number of aromatic nitrogens is 1. The summed E-state index contributed by atoms with van der Waals surface area (Å²) in [6.07, 6.45) is 9.33. The third-order valence-electron chi connectivity index (χ3n) is 8.58. The average Bonchev–Trinajstić information content (AvgIpc) is 3.37. The Bertz CT molecular complexity index is 1280. The van der Waals surface area contributed by atoms with Crippen LogP contribution in [0.15, 0.2) is 54.7 Å². The lowest BCUT2D eigenvalue weighted by atomic mass is 9.94. The van der Waals surface area contributed by atoms with Crippen LogP contribution in [0.5, 0.6) is 0 Å². The maximum Gasteiger partial charge on any atom is 0.234 e. The highest BCUT2D eigenvalue weighted by Gasteiger charge is 2.27. The highest BCUT2D eigenvalue weighted by Crippen LogP contribution is 2.24. The summed E-state index contributed by atoms with van der Waals surface area (Å²) in [5.41, 5.74) is 3.09. The lowest BCUT2D eigenvalue weighted by Crippen LogP contribution is -2.54. The normalized spacial score (nSPS) is 18.1. The number of piperazine rings is 1. The number of rotatable bonds is 10. The average molecular weight is 564 g/mol. The summed E-state index contributed by atoms with van der Waals surface area (Å²) < 4.78 is 0. The van der Waals surface area contributed by atoms with Crippen molar-refractivity contribution in [2.75, 3.05) is 39.3 Å². The summed E-state index contributed by atoms with van der Waals surface area (Å²) in [7, 11) is 0. The number of carbonyl (C=O) groups excluding carboxylic acids is 2. The van der Waals surface area contributed by atoms with Gasteiger partial charge in [0.15, 0.2) is 0 Å². The first-order chi connectivity index (χ1) is 19.5. The molecule has 3 aromatic rings. The van der Waals surface area contributed by atoms with Crippen LogP contribution in [0.25, 0.3) is 10.9 Å². The number of nitrogens with zero attached hydrogens (tertiary/aromatic N) is 3. The summed E-state index contributed by atoms with van der Waals surface area (Å²) in [6.45, 7) is 6.67. The summed E-state index contributed by atoms with van der Waals surface area (Å²) in [4.78, 5) is 36.1. The van der Waals surface area contributed by atoms with Gasteiger partial charge in [-0.2, -0.15) is 0 Å². The Labute approximate surface area is 242 Å². The van der Waals surface area contributed by atoms with Crippen molar-refractivity contribution in [2.24, 2.45) is 0 Å². The molecule has 2 heterocycles. The van der Waals surface area contributed by atoms with Crippen molar-refractivity contribution in [1.29, 1.82) is 0 Å². The Morgan fingerprint density at radius 2 is 1.73 bits per heavy atom. The molecule has 2 fully saturated rings. The standard InChI is InChI=1S/C32H42ClN5O2/c1-24(39)38(21-25-9-5-7-13-30(25)33)22-27(19-26-20-34-31-14-8-6-12-29(26)31)35-32(40)23-36-15-17-37(18-16-36)28-10-3-2-4-11-28/h5-9,12-14,20,27-28,34H,2-4,10-11,15-19,21-23H2,1H3,(H,35,40)/t27-/m1/s1. The van der Waals surface area contributed by atoms with Gasteiger partial charge in [-0.3, -0.25) is 19.4 Å². The highest BCUT2D eigenvalue weighted by atomic mass is 35.5. The van der Waals surface area contributed by atoms with Crippen molar-refractivity contribution in [2.45, 2.75) is 64.1 Å². The lowest BCUT2D eigenvalue weighted by Gasteiger charge is -2.40. The molecule has 2 amide bonds. The number of aromatic amines is 1. The van der Waals surface area contributed by atoms with Gasteiger partial charge in [0.1, 0.15) is 0 Å². The van der Waals surface area contributed by atoms with Crippen LogP contribution in [-0.4, -0.2) is 82.9 Å². The summed E-state index contributed by atoms with van der Waals surface area (Å²) in [5, 5.41) is 5.07. The molecule has 5 rings (SSSR count). The third-order valence-corrected chi connectivity index (χ3v) is 8.95. The molecular formula is C32H42ClN5O2. The Morgan fingerprint density at radius 3 is 2.48 bits per heavy atom. The molecule has 1 aliphatic heterocycles. The van der Waals surface area contributed by atoms with Crippen molar-refractivity contribution in [3.05, 3.63) is 70.9 Å². The molecule has 7 nitrogen and oxygen atoms in total. The lowest BCUT2D eigenvalue weighted by molar-refractivity contribution is -0.131. The molecule has 8 heteroatoms. The minimum Gasteiger partial charge on any atom is -0.361 e. The van der Waals surface area contributed by atoms with E-state index in [1.54, 1.807) is 11.8 Å². The second kappa shape index (κ2) is 13.7. The molecule has 1 atom stereocenters. The van der Waals surface area contributed by atoms with Crippen LogP contribution < -0.4 is 5.32 Å². The Morgan fingerprint density at radius 1 is 1.00 bits per heavy atom. The van der Waals surface area contributed by atoms with E-state index in [-0.39, 0.29) is 17.9 Å². The van der Waals surface area contributed by atoms with Gasteiger partial charge in [0.05, 0.1) is 12.6 Å². The Kier molecular flexibility index (Phi) is 9.79. The molecule has 2 N–H and O–H groups in total. The number of amides is 2. The molecule has 1 aromatic heterocycles. The third kappa shape index (κ3) is 7.45. The molecule has 1 saturated carbocycles. The van der Waals surface area contributed by atoms with Gasteiger partial charge < -0.3 is 15.2 Å². The first kappa shape index (κ1) is 28.7. The van der Waals surface area contributed by atoms with Crippen molar-refractivity contribution in [1.82, 2.24) is 25.0 Å². The molecule has 0 bridgehead atoms. The molecule has 1 aliphatic carbocycles. The number of carbonyl (C=O) groups is 2. The zero-order valence-electron chi connectivity index (χ0n) is 23.6. The van der Waals surface area contributed by atoms with E-state index in [1.807, 2.05) is 42.6 Å². The highest BCUT2D eigenvalue weighted by molar-refractivity contribution is 6.31. The van der Waals surface area contributed by atoms with Gasteiger partial charge in [-0.25, -0.2) is 0 Å². The van der Waals surface area contributed by atoms with Crippen molar-refractivity contribution < 1.29 is 9.59 Å². The van der Waals surface area contributed by atoms with Crippen molar-refractivity contribution >= 4 is 34.3 Å². The number of nitrogens with one attached hydrogen (secondary N) is 2. The predicted molar refractivity (Wildman–Crippen MR) is 161 cm³/mol. The topological polar surface area (TPSA) is 71.7 Å². The SMILES string of the molecule is CC(=O)N(Cc1ccccc1Cl)C[C@@H](Cc1c[nH]c2ccccc12)NC(=O)CN1CCN(C2CCCCC2)CC1. The molecule has 0 unspecified atom stereocenters. The number of H-pyrrole nitrogens is 1. The molecule has 0 spiro atoms. The number of benzene rings is 2.